The van der Waals surface area contributed by atoms with Gasteiger partial charge in [-0.3, -0.25) is 9.59 Å². The summed E-state index contributed by atoms with van der Waals surface area (Å²) < 4.78 is 5.41. The number of thiocarbonyl (C=S) groups is 1. The van der Waals surface area contributed by atoms with Crippen molar-refractivity contribution in [3.8, 4) is 5.75 Å². The molecule has 0 fully saturated rings. The molecule has 7 heteroatoms. The van der Waals surface area contributed by atoms with Gasteiger partial charge in [0.05, 0.1) is 5.69 Å². The van der Waals surface area contributed by atoms with Gasteiger partial charge in [0.1, 0.15) is 10.7 Å². The SMILES string of the molecule is CC(=O)Nc1ccc(OCC(=O)Nc2ccccc2C(N)=S)cc1. The van der Waals surface area contributed by atoms with E-state index in [-0.39, 0.29) is 23.4 Å². The third kappa shape index (κ3) is 5.06. The Bertz CT molecular complexity index is 760. The van der Waals surface area contributed by atoms with Crippen molar-refractivity contribution in [2.45, 2.75) is 6.92 Å². The molecule has 6 nitrogen and oxygen atoms in total. The molecule has 2 rings (SSSR count). The van der Waals surface area contributed by atoms with E-state index in [0.717, 1.165) is 0 Å². The zero-order chi connectivity index (χ0) is 17.5. The molecule has 24 heavy (non-hydrogen) atoms. The highest BCUT2D eigenvalue weighted by Gasteiger charge is 2.09. The molecule has 0 atom stereocenters. The molecule has 0 aliphatic heterocycles. The number of carbonyl (C=O) groups is 2. The van der Waals surface area contributed by atoms with Gasteiger partial charge in [-0.25, -0.2) is 0 Å². The molecule has 0 aromatic heterocycles. The van der Waals surface area contributed by atoms with E-state index in [1.54, 1.807) is 48.5 Å². The number of amides is 2. The molecule has 2 aromatic carbocycles. The predicted molar refractivity (Wildman–Crippen MR) is 97.2 cm³/mol. The second kappa shape index (κ2) is 8.07. The fourth-order valence-electron chi connectivity index (χ4n) is 1.98. The average Bonchev–Trinajstić information content (AvgIpc) is 2.54. The zero-order valence-electron chi connectivity index (χ0n) is 13.0. The van der Waals surface area contributed by atoms with Crippen molar-refractivity contribution in [2.75, 3.05) is 17.2 Å². The maximum atomic E-state index is 12.0. The fourth-order valence-corrected chi connectivity index (χ4v) is 2.16. The van der Waals surface area contributed by atoms with Gasteiger partial charge >= 0.3 is 0 Å². The number of nitrogens with two attached hydrogens (primary N) is 1. The fraction of sp³-hybridized carbons (Fsp3) is 0.118. The van der Waals surface area contributed by atoms with Gasteiger partial charge in [-0.15, -0.1) is 0 Å². The minimum absolute atomic E-state index is 0.153. The van der Waals surface area contributed by atoms with Crippen LogP contribution in [0.25, 0.3) is 0 Å². The number of nitrogens with one attached hydrogen (secondary N) is 2. The summed E-state index contributed by atoms with van der Waals surface area (Å²) in [5, 5.41) is 5.36. The Morgan fingerprint density at radius 1 is 1.08 bits per heavy atom. The van der Waals surface area contributed by atoms with E-state index in [2.05, 4.69) is 10.6 Å². The third-order valence-electron chi connectivity index (χ3n) is 3.01. The molecule has 2 aromatic rings. The minimum Gasteiger partial charge on any atom is -0.484 e. The minimum atomic E-state index is -0.329. The summed E-state index contributed by atoms with van der Waals surface area (Å²) in [6.45, 7) is 1.27. The van der Waals surface area contributed by atoms with Crippen molar-refractivity contribution in [3.05, 3.63) is 54.1 Å². The third-order valence-corrected chi connectivity index (χ3v) is 3.23. The average molecular weight is 343 g/mol. The highest BCUT2D eigenvalue weighted by atomic mass is 32.1. The lowest BCUT2D eigenvalue weighted by atomic mass is 10.2. The van der Waals surface area contributed by atoms with Gasteiger partial charge in [0.2, 0.25) is 5.91 Å². The number of anilines is 2. The number of hydrogen-bond donors (Lipinski definition) is 3. The summed E-state index contributed by atoms with van der Waals surface area (Å²) in [4.78, 5) is 23.2. The van der Waals surface area contributed by atoms with Gasteiger partial charge in [-0.1, -0.05) is 24.4 Å². The molecule has 0 unspecified atom stereocenters. The summed E-state index contributed by atoms with van der Waals surface area (Å²) >= 11 is 4.95. The van der Waals surface area contributed by atoms with Crippen molar-refractivity contribution >= 4 is 40.4 Å². The van der Waals surface area contributed by atoms with Crippen molar-refractivity contribution in [2.24, 2.45) is 5.73 Å². The first-order chi connectivity index (χ1) is 11.5. The Morgan fingerprint density at radius 3 is 2.38 bits per heavy atom. The molecule has 0 heterocycles. The Hall–Kier alpha value is -2.93. The van der Waals surface area contributed by atoms with Crippen LogP contribution in [0.4, 0.5) is 11.4 Å². The first-order valence-electron chi connectivity index (χ1n) is 7.15. The highest BCUT2D eigenvalue weighted by Crippen LogP contribution is 2.17. The van der Waals surface area contributed by atoms with E-state index in [4.69, 9.17) is 22.7 Å². The van der Waals surface area contributed by atoms with Gasteiger partial charge in [0, 0.05) is 18.2 Å². The maximum absolute atomic E-state index is 12.0. The second-order valence-electron chi connectivity index (χ2n) is 4.95. The lowest BCUT2D eigenvalue weighted by Crippen LogP contribution is -2.22. The van der Waals surface area contributed by atoms with Crippen LogP contribution >= 0.6 is 12.2 Å². The van der Waals surface area contributed by atoms with E-state index < -0.39 is 0 Å². The van der Waals surface area contributed by atoms with E-state index in [1.165, 1.54) is 6.92 Å². The Labute approximate surface area is 145 Å². The first kappa shape index (κ1) is 17.4. The Morgan fingerprint density at radius 2 is 1.75 bits per heavy atom. The van der Waals surface area contributed by atoms with Crippen molar-refractivity contribution in [1.82, 2.24) is 0 Å². The normalized spacial score (nSPS) is 9.88. The van der Waals surface area contributed by atoms with Gasteiger partial charge in [-0.05, 0) is 36.4 Å². The zero-order valence-corrected chi connectivity index (χ0v) is 13.9. The summed E-state index contributed by atoms with van der Waals surface area (Å²) in [6.07, 6.45) is 0. The summed E-state index contributed by atoms with van der Waals surface area (Å²) in [7, 11) is 0. The monoisotopic (exact) mass is 343 g/mol. The lowest BCUT2D eigenvalue weighted by molar-refractivity contribution is -0.118. The first-order valence-corrected chi connectivity index (χ1v) is 7.55. The molecule has 124 valence electrons. The number of carbonyl (C=O) groups excluding carboxylic acids is 2. The molecule has 0 bridgehead atoms. The molecule has 0 saturated carbocycles. The van der Waals surface area contributed by atoms with Crippen LogP contribution in [0.2, 0.25) is 0 Å². The van der Waals surface area contributed by atoms with Crippen molar-refractivity contribution < 1.29 is 14.3 Å². The molecule has 0 saturated heterocycles. The van der Waals surface area contributed by atoms with Gasteiger partial charge in [0.25, 0.3) is 5.91 Å². The van der Waals surface area contributed by atoms with Crippen LogP contribution in [0, 0.1) is 0 Å². The molecular weight excluding hydrogens is 326 g/mol. The molecule has 2 amide bonds. The van der Waals surface area contributed by atoms with Crippen LogP contribution in [-0.4, -0.2) is 23.4 Å². The van der Waals surface area contributed by atoms with E-state index >= 15 is 0 Å². The maximum Gasteiger partial charge on any atom is 0.262 e. The van der Waals surface area contributed by atoms with Crippen LogP contribution in [-0.2, 0) is 9.59 Å². The van der Waals surface area contributed by atoms with Gasteiger partial charge in [0.15, 0.2) is 6.61 Å². The lowest BCUT2D eigenvalue weighted by Gasteiger charge is -2.11. The van der Waals surface area contributed by atoms with Crippen molar-refractivity contribution in [1.29, 1.82) is 0 Å². The van der Waals surface area contributed by atoms with Crippen LogP contribution in [0.1, 0.15) is 12.5 Å². The van der Waals surface area contributed by atoms with Crippen LogP contribution < -0.4 is 21.1 Å². The summed E-state index contributed by atoms with van der Waals surface area (Å²) in [5.41, 5.74) is 7.42. The molecule has 0 spiro atoms. The van der Waals surface area contributed by atoms with Crippen LogP contribution in [0.3, 0.4) is 0 Å². The second-order valence-corrected chi connectivity index (χ2v) is 5.39. The molecule has 0 aliphatic carbocycles. The number of ether oxygens (including phenoxy) is 1. The molecule has 4 N–H and O–H groups in total. The smallest absolute Gasteiger partial charge is 0.262 e. The quantitative estimate of drug-likeness (QED) is 0.700. The largest absolute Gasteiger partial charge is 0.484 e. The summed E-state index contributed by atoms with van der Waals surface area (Å²) in [5.74, 6) is 0.0334. The number of hydrogen-bond acceptors (Lipinski definition) is 4. The van der Waals surface area contributed by atoms with Crippen molar-refractivity contribution in [3.63, 3.8) is 0 Å². The topological polar surface area (TPSA) is 93.4 Å². The number of rotatable bonds is 6. The summed E-state index contributed by atoms with van der Waals surface area (Å²) in [6, 6.07) is 13.7. The Kier molecular flexibility index (Phi) is 5.86. The van der Waals surface area contributed by atoms with Crippen LogP contribution in [0.5, 0.6) is 5.75 Å². The van der Waals surface area contributed by atoms with Crippen LogP contribution in [0.15, 0.2) is 48.5 Å². The Balaban J connectivity index is 1.92. The number of benzene rings is 2. The number of para-hydroxylation sites is 1. The standard InChI is InChI=1S/C17H17N3O3S/c1-11(21)19-12-6-8-13(9-7-12)23-10-16(22)20-15-5-3-2-4-14(15)17(18)24/h2-9H,10H2,1H3,(H2,18,24)(H,19,21)(H,20,22). The van der Waals surface area contributed by atoms with E-state index in [0.29, 0.717) is 22.7 Å². The van der Waals surface area contributed by atoms with Gasteiger partial charge < -0.3 is 21.1 Å². The van der Waals surface area contributed by atoms with Gasteiger partial charge in [-0.2, -0.15) is 0 Å². The molecule has 0 radical (unpaired) electrons. The van der Waals surface area contributed by atoms with E-state index in [9.17, 15) is 9.59 Å². The molecular formula is C17H17N3O3S. The highest BCUT2D eigenvalue weighted by molar-refractivity contribution is 7.80. The molecule has 0 aliphatic rings. The van der Waals surface area contributed by atoms with E-state index in [1.807, 2.05) is 0 Å². The predicted octanol–water partition coefficient (Wildman–Crippen LogP) is 2.30.